The van der Waals surface area contributed by atoms with E-state index in [1.807, 2.05) is 47.5 Å². The van der Waals surface area contributed by atoms with Gasteiger partial charge in [0.05, 0.1) is 149 Å². The molecule has 2 radical (unpaired) electrons. The number of aryl methyl sites for hydroxylation is 2. The first-order valence-electron chi connectivity index (χ1n) is 40.1. The standard InChI is InChI=1S/C38H54IN5O7.C38H54N5O7.9CH3.3Sn/c1-28-36-34(25-38(2,3)26-35(36)45)44(43-28)31-9-10-32(37(40)46)33(24-31)42-12-6-14-48-16-18-50-20-22-51-21-19-49-17-15-47-13-5-11-41-27-29-7-4-8-30(39)23-29;1-29-36-34(26-38(2,3)27-35(36)44)43(42-29)31-11-12-32(37(39)45)33(25-31)41-14-8-16-47-18-20-49-22-24-50-23-21-48-19-17-46-15-7-13-40-28-30-9-5-4-6-10-30;;;;;;;;;;;;/h4,7-10,23-24,41-42H,5-6,11-22,25-27H2,1-3H3,(H2,40,46);4-5,9-12,25,40-41H,7-8,13-24,26-28H2,1-3H3,(H2,39,45);9*1H3;;;. The first-order chi connectivity index (χ1) is 54.0. The van der Waals surface area contributed by atoms with E-state index in [1.165, 1.54) is 14.7 Å². The normalized spacial score (nSPS) is 13.5. The quantitative estimate of drug-likeness (QED) is 0.0117. The number of benzene rings is 4. The number of nitrogens with two attached hydrogens (primary N) is 2. The van der Waals surface area contributed by atoms with E-state index in [1.54, 1.807) is 15.7 Å². The van der Waals surface area contributed by atoms with E-state index >= 15 is 0 Å². The van der Waals surface area contributed by atoms with E-state index < -0.39 is 69.7 Å². The number of ether oxygens (including phenoxy) is 10. The van der Waals surface area contributed by atoms with E-state index in [9.17, 15) is 19.2 Å². The van der Waals surface area contributed by atoms with Crippen LogP contribution in [0.1, 0.15) is 142 Å². The van der Waals surface area contributed by atoms with Gasteiger partial charge in [0, 0.05) is 67.2 Å². The number of nitrogens with one attached hydrogen (secondary N) is 4. The van der Waals surface area contributed by atoms with Gasteiger partial charge < -0.3 is 65.3 Å². The summed E-state index contributed by atoms with van der Waals surface area (Å²) in [5.74, 6) is -0.781. The summed E-state index contributed by atoms with van der Waals surface area (Å²) in [7, 11) is 0. The van der Waals surface area contributed by atoms with Crippen LogP contribution in [0.3, 0.4) is 0 Å². The summed E-state index contributed by atoms with van der Waals surface area (Å²) in [6.45, 7) is 27.6. The molecule has 0 aliphatic heterocycles. The number of rotatable bonds is 51. The average molecular weight is 2000 g/mol. The molecule has 0 atom stereocenters. The van der Waals surface area contributed by atoms with Gasteiger partial charge in [-0.3, -0.25) is 19.2 Å². The number of carbonyl (C=O) groups excluding carboxylic acids is 4. The molecule has 628 valence electrons. The van der Waals surface area contributed by atoms with Gasteiger partial charge in [0.15, 0.2) is 11.6 Å². The number of Topliss-reactive ketones (excluding diaryl/α,β-unsaturated/α-hetero) is 2. The predicted molar refractivity (Wildman–Crippen MR) is 469 cm³/mol. The van der Waals surface area contributed by atoms with E-state index in [4.69, 9.17) is 69.0 Å². The zero-order chi connectivity index (χ0) is 82.6. The van der Waals surface area contributed by atoms with Crippen molar-refractivity contribution < 1.29 is 66.5 Å². The number of hydrogen-bond acceptors (Lipinski definition) is 20. The summed E-state index contributed by atoms with van der Waals surface area (Å²) in [4.78, 5) is 71.5. The van der Waals surface area contributed by atoms with Gasteiger partial charge >= 0.3 is 190 Å². The summed E-state index contributed by atoms with van der Waals surface area (Å²) < 4.78 is 62.7. The van der Waals surface area contributed by atoms with Crippen molar-refractivity contribution in [3.05, 3.63) is 145 Å². The first kappa shape index (κ1) is 99.4. The molecule has 113 heavy (non-hydrogen) atoms. The van der Waals surface area contributed by atoms with E-state index in [2.05, 4.69) is 165 Å². The summed E-state index contributed by atoms with van der Waals surface area (Å²) >= 11 is -0.772. The van der Waals surface area contributed by atoms with Gasteiger partial charge in [-0.15, -0.1) is 0 Å². The first-order valence-corrected chi connectivity index (χ1v) is 68.3. The van der Waals surface area contributed by atoms with Crippen molar-refractivity contribution in [3.8, 4) is 11.4 Å². The summed E-state index contributed by atoms with van der Waals surface area (Å²) in [5.41, 5.74) is 22.0. The van der Waals surface area contributed by atoms with Crippen LogP contribution >= 0.6 is 22.6 Å². The van der Waals surface area contributed by atoms with Gasteiger partial charge in [0.2, 0.25) is 0 Å². The molecule has 0 spiro atoms. The van der Waals surface area contributed by atoms with Crippen LogP contribution in [0.5, 0.6) is 0 Å². The molecule has 28 heteroatoms. The number of halogens is 1. The average Bonchev–Trinajstić information content (AvgIpc) is 1.54. The maximum absolute atomic E-state index is 12.9. The second kappa shape index (κ2) is 54.8. The number of anilines is 2. The molecule has 0 fully saturated rings. The maximum atomic E-state index is 12.9. The molecular formula is C85H135IN10O14Sn3. The molecule has 2 amide bonds. The van der Waals surface area contributed by atoms with Crippen molar-refractivity contribution in [1.82, 2.24) is 30.2 Å². The summed E-state index contributed by atoms with van der Waals surface area (Å²) in [6, 6.07) is 28.3. The number of amides is 2. The van der Waals surface area contributed by atoms with Crippen molar-refractivity contribution in [1.29, 1.82) is 0 Å². The Morgan fingerprint density at radius 2 is 0.761 bits per heavy atom. The number of ketones is 2. The van der Waals surface area contributed by atoms with Crippen molar-refractivity contribution >= 4 is 119 Å². The molecule has 24 nitrogen and oxygen atoms in total. The van der Waals surface area contributed by atoms with Crippen LogP contribution in [-0.4, -0.2) is 259 Å². The number of nitrogens with zero attached hydrogens (tertiary/aromatic N) is 4. The van der Waals surface area contributed by atoms with Gasteiger partial charge in [-0.25, -0.2) is 9.36 Å². The topological polar surface area (TPSA) is 296 Å². The molecule has 2 aromatic heterocycles. The van der Waals surface area contributed by atoms with E-state index in [0.717, 1.165) is 98.9 Å². The third-order valence-corrected chi connectivity index (χ3v) is 24.1. The van der Waals surface area contributed by atoms with Crippen LogP contribution < -0.4 is 36.3 Å². The second-order valence-corrected chi connectivity index (χ2v) is 64.9. The van der Waals surface area contributed by atoms with Gasteiger partial charge in [0.1, 0.15) is 0 Å². The molecule has 4 aromatic carbocycles. The molecule has 0 unspecified atom stereocenters. The number of primary amides is 2. The zero-order valence-electron chi connectivity index (χ0n) is 70.7. The Morgan fingerprint density at radius 3 is 1.08 bits per heavy atom. The molecule has 6 aromatic rings. The molecular weight excluding hydrogens is 1870 g/mol. The van der Waals surface area contributed by atoms with Crippen LogP contribution in [0, 0.1) is 28.2 Å². The molecule has 8 N–H and O–H groups in total. The minimum absolute atomic E-state index is 0.124. The Hall–Kier alpha value is -4.17. The second-order valence-electron chi connectivity index (χ2n) is 32.0. The molecule has 8 rings (SSSR count). The predicted octanol–water partition coefficient (Wildman–Crippen LogP) is 12.9. The summed E-state index contributed by atoms with van der Waals surface area (Å²) in [5, 5.41) is 23.0. The van der Waals surface area contributed by atoms with Crippen LogP contribution in [0.4, 0.5) is 11.4 Å². The van der Waals surface area contributed by atoms with Gasteiger partial charge in [-0.05, 0) is 140 Å². The van der Waals surface area contributed by atoms with Gasteiger partial charge in [-0.2, -0.15) is 10.2 Å². The van der Waals surface area contributed by atoms with E-state index in [-0.39, 0.29) is 22.4 Å². The molecule has 2 aliphatic rings. The Balaban J connectivity index is 0.000000369. The van der Waals surface area contributed by atoms with E-state index in [0.29, 0.717) is 192 Å². The van der Waals surface area contributed by atoms with Crippen LogP contribution in [0.2, 0.25) is 44.5 Å². The van der Waals surface area contributed by atoms with Crippen molar-refractivity contribution in [2.24, 2.45) is 22.3 Å². The van der Waals surface area contributed by atoms with Crippen molar-refractivity contribution in [2.75, 3.05) is 169 Å². The van der Waals surface area contributed by atoms with Gasteiger partial charge in [0.25, 0.3) is 11.8 Å². The Kier molecular flexibility index (Phi) is 48.2. The Labute approximate surface area is 707 Å². The molecule has 2 aliphatic carbocycles. The van der Waals surface area contributed by atoms with Crippen LogP contribution in [0.25, 0.3) is 11.4 Å². The number of fused-ring (bicyclic) bond motifs is 2. The van der Waals surface area contributed by atoms with Crippen LogP contribution in [0.15, 0.2) is 84.9 Å². The number of carbonyl (C=O) groups is 4. The fourth-order valence-corrected chi connectivity index (χ4v) is 16.4. The third kappa shape index (κ3) is 40.0. The van der Waals surface area contributed by atoms with Crippen molar-refractivity contribution in [2.45, 2.75) is 150 Å². The Bertz CT molecular complexity index is 3760. The molecule has 0 saturated heterocycles. The number of aromatic nitrogens is 4. The molecule has 2 heterocycles. The van der Waals surface area contributed by atoms with Crippen LogP contribution in [-0.2, 0) is 73.3 Å². The number of hydrogen-bond donors (Lipinski definition) is 6. The van der Waals surface area contributed by atoms with Gasteiger partial charge in [-0.1, -0.05) is 39.8 Å². The molecule has 0 saturated carbocycles. The molecule has 0 bridgehead atoms. The zero-order valence-corrected chi connectivity index (χ0v) is 81.4. The van der Waals surface area contributed by atoms with Crippen molar-refractivity contribution in [3.63, 3.8) is 0 Å². The summed E-state index contributed by atoms with van der Waals surface area (Å²) in [6.07, 6.45) is 5.87. The monoisotopic (exact) mass is 2010 g/mol. The third-order valence-electron chi connectivity index (χ3n) is 17.6. The Morgan fingerprint density at radius 1 is 0.451 bits per heavy atom. The minimum atomic E-state index is -2.02. The SMILES string of the molecule is Cc1nn(-c2ccc(C(N)=O)c(NCCCOCCOCCOCCOCCOCCCNCc3ccc[c]([Sn]([CH3])([CH3])[CH3])c3)c2)c2c1C(=O)CC(C)(C)C2.Cc1nn(-c2ccc(C(N)=O)c(NCCCOCCOCCOCCOCCOCCCNCc3cccc(I)c3)c2)c2c1C(=O)CC(C)(C)C2.[CH3][Sn]([CH3])[CH3].[CH3][Sn]([CH3])[CH3]. The fraction of sp³-hybridized carbons (Fsp3) is 0.600. The fourth-order valence-electron chi connectivity index (χ4n) is 12.4.